The van der Waals surface area contributed by atoms with Crippen LogP contribution in [0.1, 0.15) is 5.56 Å². The molecular weight excluding hydrogens is 385 g/mol. The highest BCUT2D eigenvalue weighted by Crippen LogP contribution is 2.25. The maximum Gasteiger partial charge on any atom is 0.242 e. The number of hydrogen-bond acceptors (Lipinski definition) is 2. The Hall–Kier alpha value is -0.590. The first kappa shape index (κ1) is 15.8. The maximum atomic E-state index is 12.2. The summed E-state index contributed by atoms with van der Waals surface area (Å²) in [6, 6.07) is 11.7. The second-order valence-electron chi connectivity index (χ2n) is 4.03. The van der Waals surface area contributed by atoms with Gasteiger partial charge in [-0.05, 0) is 35.9 Å². The number of rotatable bonds is 4. The van der Waals surface area contributed by atoms with E-state index in [2.05, 4.69) is 20.7 Å². The van der Waals surface area contributed by atoms with Crippen LogP contribution >= 0.6 is 39.1 Å². The molecule has 0 aliphatic heterocycles. The minimum absolute atomic E-state index is 0.0262. The van der Waals surface area contributed by atoms with Crippen LogP contribution in [0.5, 0.6) is 0 Å². The molecule has 0 aliphatic rings. The molecule has 0 saturated carbocycles. The summed E-state index contributed by atoms with van der Waals surface area (Å²) < 4.78 is 27.8. The zero-order valence-electron chi connectivity index (χ0n) is 10.1. The van der Waals surface area contributed by atoms with E-state index in [1.54, 1.807) is 0 Å². The summed E-state index contributed by atoms with van der Waals surface area (Å²) in [6.45, 7) is 0.171. The third-order valence-corrected chi connectivity index (χ3v) is 5.15. The molecule has 3 nitrogen and oxygen atoms in total. The van der Waals surface area contributed by atoms with Gasteiger partial charge in [0.1, 0.15) is 4.90 Å². The number of hydrogen-bond donors (Lipinski definition) is 1. The van der Waals surface area contributed by atoms with Gasteiger partial charge in [-0.2, -0.15) is 0 Å². The van der Waals surface area contributed by atoms with E-state index in [1.165, 1.54) is 18.2 Å². The fraction of sp³-hybridized carbons (Fsp3) is 0.0769. The molecule has 2 rings (SSSR count). The Morgan fingerprint density at radius 3 is 2.55 bits per heavy atom. The lowest BCUT2D eigenvalue weighted by Gasteiger charge is -2.09. The summed E-state index contributed by atoms with van der Waals surface area (Å²) in [7, 11) is -3.71. The van der Waals surface area contributed by atoms with Crippen molar-refractivity contribution in [2.75, 3.05) is 0 Å². The van der Waals surface area contributed by atoms with Gasteiger partial charge in [-0.1, -0.05) is 51.3 Å². The van der Waals surface area contributed by atoms with Crippen LogP contribution in [0.15, 0.2) is 51.8 Å². The van der Waals surface area contributed by atoms with Crippen LogP contribution in [-0.2, 0) is 16.6 Å². The maximum absolute atomic E-state index is 12.2. The quantitative estimate of drug-likeness (QED) is 0.843. The summed E-state index contributed by atoms with van der Waals surface area (Å²) in [5.74, 6) is 0. The second kappa shape index (κ2) is 6.45. The van der Waals surface area contributed by atoms with Gasteiger partial charge in [-0.3, -0.25) is 0 Å². The van der Waals surface area contributed by atoms with Crippen LogP contribution in [0.4, 0.5) is 0 Å². The fourth-order valence-electron chi connectivity index (χ4n) is 1.59. The molecule has 0 saturated heterocycles. The van der Waals surface area contributed by atoms with E-state index in [0.717, 1.165) is 10.0 Å². The minimum atomic E-state index is -3.71. The summed E-state index contributed by atoms with van der Waals surface area (Å²) >= 11 is 15.0. The molecule has 1 N–H and O–H groups in total. The summed E-state index contributed by atoms with van der Waals surface area (Å²) in [5.41, 5.74) is 0.834. The summed E-state index contributed by atoms with van der Waals surface area (Å²) in [6.07, 6.45) is 0. The number of benzene rings is 2. The molecule has 106 valence electrons. The normalized spacial score (nSPS) is 11.6. The van der Waals surface area contributed by atoms with Gasteiger partial charge < -0.3 is 0 Å². The zero-order chi connectivity index (χ0) is 14.8. The molecule has 2 aromatic rings. The van der Waals surface area contributed by atoms with Crippen molar-refractivity contribution in [3.8, 4) is 0 Å². The van der Waals surface area contributed by atoms with Gasteiger partial charge in [0, 0.05) is 16.0 Å². The van der Waals surface area contributed by atoms with Crippen molar-refractivity contribution >= 4 is 49.2 Å². The Bertz CT molecular complexity index is 735. The Kier molecular flexibility index (Phi) is 5.09. The molecule has 2 aromatic carbocycles. The molecule has 0 spiro atoms. The predicted octanol–water partition coefficient (Wildman–Crippen LogP) is 4.23. The van der Waals surface area contributed by atoms with E-state index < -0.39 is 10.0 Å². The second-order valence-corrected chi connectivity index (χ2v) is 7.52. The topological polar surface area (TPSA) is 46.2 Å². The smallest absolute Gasteiger partial charge is 0.207 e. The SMILES string of the molecule is O=S(=O)(NCc1cccc(Br)c1)c1cc(Cl)ccc1Cl. The Morgan fingerprint density at radius 2 is 1.85 bits per heavy atom. The van der Waals surface area contributed by atoms with E-state index in [1.807, 2.05) is 24.3 Å². The van der Waals surface area contributed by atoms with Crippen molar-refractivity contribution in [2.45, 2.75) is 11.4 Å². The summed E-state index contributed by atoms with van der Waals surface area (Å²) in [4.78, 5) is -0.0262. The molecule has 7 heteroatoms. The van der Waals surface area contributed by atoms with Crippen LogP contribution in [0.3, 0.4) is 0 Å². The Labute approximate surface area is 136 Å². The van der Waals surface area contributed by atoms with Gasteiger partial charge >= 0.3 is 0 Å². The van der Waals surface area contributed by atoms with Gasteiger partial charge in [0.15, 0.2) is 0 Å². The molecule has 0 unspecified atom stereocenters. The van der Waals surface area contributed by atoms with Gasteiger partial charge in [0.05, 0.1) is 5.02 Å². The van der Waals surface area contributed by atoms with Crippen LogP contribution in [0, 0.1) is 0 Å². The third-order valence-electron chi connectivity index (χ3n) is 2.54. The lowest BCUT2D eigenvalue weighted by atomic mass is 10.2. The number of nitrogens with one attached hydrogen (secondary N) is 1. The van der Waals surface area contributed by atoms with E-state index in [0.29, 0.717) is 5.02 Å². The largest absolute Gasteiger partial charge is 0.242 e. The van der Waals surface area contributed by atoms with Crippen LogP contribution in [0.2, 0.25) is 10.0 Å². The molecule has 0 radical (unpaired) electrons. The Morgan fingerprint density at radius 1 is 1.10 bits per heavy atom. The average molecular weight is 395 g/mol. The van der Waals surface area contributed by atoms with E-state index in [9.17, 15) is 8.42 Å². The average Bonchev–Trinajstić information content (AvgIpc) is 2.39. The molecule has 0 heterocycles. The molecular formula is C13H10BrCl2NO2S. The molecule has 0 atom stereocenters. The van der Waals surface area contributed by atoms with Crippen LogP contribution in [-0.4, -0.2) is 8.42 Å². The molecule has 0 amide bonds. The zero-order valence-corrected chi connectivity index (χ0v) is 14.0. The monoisotopic (exact) mass is 393 g/mol. The lowest BCUT2D eigenvalue weighted by Crippen LogP contribution is -2.23. The Balaban J connectivity index is 2.21. The minimum Gasteiger partial charge on any atom is -0.207 e. The molecule has 0 aliphatic carbocycles. The van der Waals surface area contributed by atoms with E-state index >= 15 is 0 Å². The highest BCUT2D eigenvalue weighted by atomic mass is 79.9. The van der Waals surface area contributed by atoms with Crippen molar-refractivity contribution < 1.29 is 8.42 Å². The molecule has 0 bridgehead atoms. The standard InChI is InChI=1S/C13H10BrCl2NO2S/c14-10-3-1-2-9(6-10)8-17-20(18,19)13-7-11(15)4-5-12(13)16/h1-7,17H,8H2. The first-order valence-corrected chi connectivity index (χ1v) is 8.61. The lowest BCUT2D eigenvalue weighted by molar-refractivity contribution is 0.581. The van der Waals surface area contributed by atoms with Crippen molar-refractivity contribution in [3.05, 3.63) is 62.5 Å². The third kappa shape index (κ3) is 3.96. The van der Waals surface area contributed by atoms with Crippen molar-refractivity contribution in [3.63, 3.8) is 0 Å². The van der Waals surface area contributed by atoms with Gasteiger partial charge in [0.25, 0.3) is 0 Å². The van der Waals surface area contributed by atoms with E-state index in [-0.39, 0.29) is 16.5 Å². The van der Waals surface area contributed by atoms with Gasteiger partial charge in [-0.25, -0.2) is 13.1 Å². The van der Waals surface area contributed by atoms with Crippen molar-refractivity contribution in [1.82, 2.24) is 4.72 Å². The molecule has 0 aromatic heterocycles. The van der Waals surface area contributed by atoms with Gasteiger partial charge in [-0.15, -0.1) is 0 Å². The first-order chi connectivity index (χ1) is 9.38. The van der Waals surface area contributed by atoms with Crippen molar-refractivity contribution in [2.24, 2.45) is 0 Å². The number of halogens is 3. The fourth-order valence-corrected chi connectivity index (χ4v) is 3.81. The molecule has 0 fully saturated rings. The first-order valence-electron chi connectivity index (χ1n) is 5.58. The summed E-state index contributed by atoms with van der Waals surface area (Å²) in [5, 5.41) is 0.452. The van der Waals surface area contributed by atoms with Crippen LogP contribution in [0.25, 0.3) is 0 Å². The number of sulfonamides is 1. The highest BCUT2D eigenvalue weighted by Gasteiger charge is 2.18. The molecule has 20 heavy (non-hydrogen) atoms. The highest BCUT2D eigenvalue weighted by molar-refractivity contribution is 9.10. The predicted molar refractivity (Wildman–Crippen MR) is 84.6 cm³/mol. The van der Waals surface area contributed by atoms with Gasteiger partial charge in [0.2, 0.25) is 10.0 Å². The van der Waals surface area contributed by atoms with Crippen molar-refractivity contribution in [1.29, 1.82) is 0 Å². The van der Waals surface area contributed by atoms with Crippen LogP contribution < -0.4 is 4.72 Å². The van der Waals surface area contributed by atoms with E-state index in [4.69, 9.17) is 23.2 Å².